The molecule has 1 aliphatic rings. The summed E-state index contributed by atoms with van der Waals surface area (Å²) in [6, 6.07) is 0. The summed E-state index contributed by atoms with van der Waals surface area (Å²) in [5, 5.41) is 12.4. The van der Waals surface area contributed by atoms with Crippen molar-refractivity contribution in [2.75, 3.05) is 20.2 Å². The first-order valence-electron chi connectivity index (χ1n) is 5.85. The molecule has 0 saturated heterocycles. The van der Waals surface area contributed by atoms with E-state index in [-0.39, 0.29) is 30.5 Å². The second-order valence-corrected chi connectivity index (χ2v) is 4.36. The maximum atomic E-state index is 11.5. The van der Waals surface area contributed by atoms with Crippen LogP contribution in [0.15, 0.2) is 0 Å². The molecule has 0 aromatic heterocycles. The largest absolute Gasteiger partial charge is 0.393 e. The summed E-state index contributed by atoms with van der Waals surface area (Å²) in [5.41, 5.74) is 5.43. The van der Waals surface area contributed by atoms with E-state index in [1.807, 2.05) is 0 Å². The van der Waals surface area contributed by atoms with Gasteiger partial charge in [-0.15, -0.1) is 0 Å². The van der Waals surface area contributed by atoms with Crippen molar-refractivity contribution in [3.8, 4) is 0 Å². The summed E-state index contributed by atoms with van der Waals surface area (Å²) in [5.74, 6) is 0.152. The number of hydrogen-bond acceptors (Lipinski definition) is 4. The normalized spacial score (nSPS) is 26.7. The first-order valence-corrected chi connectivity index (χ1v) is 5.85. The lowest BCUT2D eigenvalue weighted by Crippen LogP contribution is -2.36. The van der Waals surface area contributed by atoms with E-state index >= 15 is 0 Å². The van der Waals surface area contributed by atoms with E-state index in [4.69, 9.17) is 10.5 Å². The van der Waals surface area contributed by atoms with Crippen molar-refractivity contribution in [3.05, 3.63) is 0 Å². The first kappa shape index (κ1) is 13.4. The van der Waals surface area contributed by atoms with E-state index in [2.05, 4.69) is 5.32 Å². The van der Waals surface area contributed by atoms with Crippen molar-refractivity contribution in [1.29, 1.82) is 0 Å². The molecule has 1 fully saturated rings. The van der Waals surface area contributed by atoms with Crippen LogP contribution < -0.4 is 11.1 Å². The second-order valence-electron chi connectivity index (χ2n) is 4.36. The van der Waals surface area contributed by atoms with Gasteiger partial charge in [0.15, 0.2) is 0 Å². The number of ether oxygens (including phenoxy) is 1. The molecule has 0 heterocycles. The summed E-state index contributed by atoms with van der Waals surface area (Å²) < 4.78 is 5.03. The third kappa shape index (κ3) is 4.08. The van der Waals surface area contributed by atoms with Crippen LogP contribution in [-0.4, -0.2) is 43.4 Å². The van der Waals surface area contributed by atoms with E-state index < -0.39 is 0 Å². The Bertz CT molecular complexity index is 219. The molecule has 3 unspecified atom stereocenters. The number of aliphatic hydroxyl groups excluding tert-OH is 1. The maximum absolute atomic E-state index is 11.5. The van der Waals surface area contributed by atoms with Crippen LogP contribution in [0.1, 0.15) is 25.7 Å². The summed E-state index contributed by atoms with van der Waals surface area (Å²) >= 11 is 0. The predicted octanol–water partition coefficient (Wildman–Crippen LogP) is -0.373. The third-order valence-electron chi connectivity index (χ3n) is 3.19. The maximum Gasteiger partial charge on any atom is 0.222 e. The molecule has 0 spiro atoms. The molecule has 1 aliphatic carbocycles. The van der Waals surface area contributed by atoms with Crippen molar-refractivity contribution in [1.82, 2.24) is 5.32 Å². The number of amides is 1. The Kier molecular flexibility index (Phi) is 5.73. The number of aliphatic hydroxyl groups is 1. The van der Waals surface area contributed by atoms with Crippen molar-refractivity contribution in [2.45, 2.75) is 37.9 Å². The molecule has 0 aromatic carbocycles. The van der Waals surface area contributed by atoms with E-state index in [1.54, 1.807) is 7.11 Å². The van der Waals surface area contributed by atoms with Crippen LogP contribution in [0.2, 0.25) is 0 Å². The van der Waals surface area contributed by atoms with E-state index in [0.717, 1.165) is 19.3 Å². The van der Waals surface area contributed by atoms with Crippen molar-refractivity contribution < 1.29 is 14.6 Å². The van der Waals surface area contributed by atoms with Gasteiger partial charge in [0.25, 0.3) is 0 Å². The fraction of sp³-hybridized carbons (Fsp3) is 0.909. The molecule has 0 aliphatic heterocycles. The van der Waals surface area contributed by atoms with Crippen LogP contribution in [-0.2, 0) is 9.53 Å². The number of nitrogens with two attached hydrogens (primary N) is 1. The van der Waals surface area contributed by atoms with Crippen LogP contribution in [0.3, 0.4) is 0 Å². The highest BCUT2D eigenvalue weighted by atomic mass is 16.5. The lowest BCUT2D eigenvalue weighted by Gasteiger charge is -2.17. The Morgan fingerprint density at radius 1 is 1.62 bits per heavy atom. The number of rotatable bonds is 6. The number of methoxy groups -OCH3 is 1. The van der Waals surface area contributed by atoms with Gasteiger partial charge in [0.2, 0.25) is 5.91 Å². The monoisotopic (exact) mass is 230 g/mol. The molecule has 0 aromatic rings. The van der Waals surface area contributed by atoms with Crippen LogP contribution in [0.5, 0.6) is 0 Å². The zero-order chi connectivity index (χ0) is 12.0. The Labute approximate surface area is 96.3 Å². The molecule has 5 heteroatoms. The van der Waals surface area contributed by atoms with Gasteiger partial charge in [0, 0.05) is 26.1 Å². The molecular formula is C11H22N2O3. The zero-order valence-corrected chi connectivity index (χ0v) is 9.82. The van der Waals surface area contributed by atoms with Crippen molar-refractivity contribution in [2.24, 2.45) is 11.7 Å². The highest BCUT2D eigenvalue weighted by Crippen LogP contribution is 2.24. The van der Waals surface area contributed by atoms with Crippen molar-refractivity contribution >= 4 is 5.91 Å². The topological polar surface area (TPSA) is 84.6 Å². The van der Waals surface area contributed by atoms with Gasteiger partial charge in [0.05, 0.1) is 18.6 Å². The van der Waals surface area contributed by atoms with Crippen LogP contribution in [0, 0.1) is 5.92 Å². The summed E-state index contributed by atoms with van der Waals surface area (Å²) in [6.07, 6.45) is 2.71. The van der Waals surface area contributed by atoms with E-state index in [0.29, 0.717) is 13.1 Å². The van der Waals surface area contributed by atoms with Gasteiger partial charge in [-0.2, -0.15) is 0 Å². The van der Waals surface area contributed by atoms with Crippen molar-refractivity contribution in [3.63, 3.8) is 0 Å². The standard InChI is InChI=1S/C11H22N2O3/c1-16-9(6-12)5-11(15)13-7-8-3-2-4-10(8)14/h8-10,14H,2-7,12H2,1H3,(H,13,15). The lowest BCUT2D eigenvalue weighted by atomic mass is 10.1. The molecule has 0 radical (unpaired) electrons. The molecule has 5 nitrogen and oxygen atoms in total. The minimum absolute atomic E-state index is 0.0589. The van der Waals surface area contributed by atoms with Gasteiger partial charge in [0.1, 0.15) is 0 Å². The Hall–Kier alpha value is -0.650. The van der Waals surface area contributed by atoms with Gasteiger partial charge < -0.3 is 20.9 Å². The van der Waals surface area contributed by atoms with E-state index in [1.165, 1.54) is 0 Å². The Morgan fingerprint density at radius 3 is 2.88 bits per heavy atom. The average molecular weight is 230 g/mol. The molecule has 3 atom stereocenters. The Balaban J connectivity index is 2.19. The lowest BCUT2D eigenvalue weighted by molar-refractivity contribution is -0.123. The highest BCUT2D eigenvalue weighted by molar-refractivity contribution is 5.76. The third-order valence-corrected chi connectivity index (χ3v) is 3.19. The van der Waals surface area contributed by atoms with Crippen LogP contribution >= 0.6 is 0 Å². The molecule has 16 heavy (non-hydrogen) atoms. The predicted molar refractivity (Wildman–Crippen MR) is 60.8 cm³/mol. The molecule has 1 rings (SSSR count). The van der Waals surface area contributed by atoms with Gasteiger partial charge in [-0.1, -0.05) is 6.42 Å². The minimum atomic E-state index is -0.256. The molecule has 0 bridgehead atoms. The number of carbonyl (C=O) groups excluding carboxylic acids is 1. The number of hydrogen-bond donors (Lipinski definition) is 3. The SMILES string of the molecule is COC(CN)CC(=O)NCC1CCCC1O. The van der Waals surface area contributed by atoms with Gasteiger partial charge in [-0.25, -0.2) is 0 Å². The molecule has 94 valence electrons. The summed E-state index contributed by atoms with van der Waals surface area (Å²) in [4.78, 5) is 11.5. The molecule has 4 N–H and O–H groups in total. The second kappa shape index (κ2) is 6.83. The fourth-order valence-electron chi connectivity index (χ4n) is 2.04. The smallest absolute Gasteiger partial charge is 0.222 e. The summed E-state index contributed by atoms with van der Waals surface area (Å²) in [7, 11) is 1.55. The quantitative estimate of drug-likeness (QED) is 0.581. The summed E-state index contributed by atoms with van der Waals surface area (Å²) in [6.45, 7) is 0.900. The Morgan fingerprint density at radius 2 is 2.38 bits per heavy atom. The fourth-order valence-corrected chi connectivity index (χ4v) is 2.04. The van der Waals surface area contributed by atoms with Gasteiger partial charge >= 0.3 is 0 Å². The zero-order valence-electron chi connectivity index (χ0n) is 9.82. The highest BCUT2D eigenvalue weighted by Gasteiger charge is 2.25. The average Bonchev–Trinajstić information content (AvgIpc) is 2.69. The molecule has 1 amide bonds. The first-order chi connectivity index (χ1) is 7.67. The molecular weight excluding hydrogens is 208 g/mol. The number of carbonyl (C=O) groups is 1. The van der Waals surface area contributed by atoms with Gasteiger partial charge in [-0.05, 0) is 12.8 Å². The van der Waals surface area contributed by atoms with Crippen LogP contribution in [0.4, 0.5) is 0 Å². The van der Waals surface area contributed by atoms with Gasteiger partial charge in [-0.3, -0.25) is 4.79 Å². The minimum Gasteiger partial charge on any atom is -0.393 e. The molecule has 1 saturated carbocycles. The van der Waals surface area contributed by atoms with E-state index in [9.17, 15) is 9.90 Å². The van der Waals surface area contributed by atoms with Crippen LogP contribution in [0.25, 0.3) is 0 Å². The number of nitrogens with one attached hydrogen (secondary N) is 1.